The molecule has 29 heavy (non-hydrogen) atoms. The van der Waals surface area contributed by atoms with Gasteiger partial charge >= 0.3 is 0 Å². The van der Waals surface area contributed by atoms with Gasteiger partial charge in [0, 0.05) is 25.7 Å². The highest BCUT2D eigenvalue weighted by molar-refractivity contribution is 7.13. The number of piperidine rings is 1. The molecule has 4 rings (SSSR count). The van der Waals surface area contributed by atoms with E-state index in [1.54, 1.807) is 17.5 Å². The first-order valence-electron chi connectivity index (χ1n) is 10.9. The van der Waals surface area contributed by atoms with E-state index >= 15 is 0 Å². The second-order valence-electron chi connectivity index (χ2n) is 8.36. The zero-order valence-corrected chi connectivity index (χ0v) is 18.2. The average Bonchev–Trinajstić information content (AvgIpc) is 3.45. The predicted molar refractivity (Wildman–Crippen MR) is 118 cm³/mol. The van der Waals surface area contributed by atoms with Crippen LogP contribution in [0.5, 0.6) is 0 Å². The molecule has 0 unspecified atom stereocenters. The molecule has 0 spiro atoms. The van der Waals surface area contributed by atoms with E-state index < -0.39 is 0 Å². The van der Waals surface area contributed by atoms with Gasteiger partial charge in [0.2, 0.25) is 0 Å². The molecule has 2 aliphatic rings. The van der Waals surface area contributed by atoms with Crippen molar-refractivity contribution in [3.63, 3.8) is 0 Å². The smallest absolute Gasteiger partial charge is 0.265 e. The van der Waals surface area contributed by atoms with E-state index in [9.17, 15) is 4.79 Å². The molecule has 0 aliphatic carbocycles. The van der Waals surface area contributed by atoms with E-state index in [1.807, 2.05) is 4.90 Å². The van der Waals surface area contributed by atoms with Crippen molar-refractivity contribution in [1.29, 1.82) is 0 Å². The van der Waals surface area contributed by atoms with Crippen molar-refractivity contribution in [1.82, 2.24) is 19.7 Å². The number of amides is 1. The predicted octanol–water partition coefficient (Wildman–Crippen LogP) is 3.52. The Labute approximate surface area is 178 Å². The molecule has 156 valence electrons. The first-order chi connectivity index (χ1) is 14.2. The number of carbonyl (C=O) groups is 1. The SMILES string of the molecule is CN(CCc1ccccc1)[C@H]1CCCN(C(=O)c2cnc(CN3CCCC3)s2)C1. The van der Waals surface area contributed by atoms with Gasteiger partial charge in [-0.1, -0.05) is 30.3 Å². The second kappa shape index (κ2) is 9.83. The van der Waals surface area contributed by atoms with Crippen molar-refractivity contribution >= 4 is 17.2 Å². The first-order valence-corrected chi connectivity index (χ1v) is 11.7. The number of hydrogen-bond donors (Lipinski definition) is 0. The van der Waals surface area contributed by atoms with Crippen LogP contribution < -0.4 is 0 Å². The minimum absolute atomic E-state index is 0.163. The van der Waals surface area contributed by atoms with Gasteiger partial charge in [-0.15, -0.1) is 11.3 Å². The number of rotatable bonds is 7. The van der Waals surface area contributed by atoms with Gasteiger partial charge < -0.3 is 9.80 Å². The van der Waals surface area contributed by atoms with E-state index in [0.717, 1.165) is 68.4 Å². The first kappa shape index (κ1) is 20.5. The van der Waals surface area contributed by atoms with Crippen molar-refractivity contribution < 1.29 is 4.79 Å². The van der Waals surface area contributed by atoms with Gasteiger partial charge in [0.15, 0.2) is 0 Å². The van der Waals surface area contributed by atoms with Crippen LogP contribution in [-0.4, -0.2) is 71.4 Å². The third kappa shape index (κ3) is 5.44. The molecule has 5 nitrogen and oxygen atoms in total. The third-order valence-electron chi connectivity index (χ3n) is 6.22. The molecule has 2 aliphatic heterocycles. The Balaban J connectivity index is 1.30. The van der Waals surface area contributed by atoms with Crippen LogP contribution in [0.2, 0.25) is 0 Å². The number of likely N-dealkylation sites (N-methyl/N-ethyl adjacent to an activating group) is 1. The molecule has 0 saturated carbocycles. The average molecular weight is 413 g/mol. The van der Waals surface area contributed by atoms with Crippen LogP contribution >= 0.6 is 11.3 Å². The topological polar surface area (TPSA) is 39.7 Å². The Hall–Kier alpha value is -1.76. The number of carbonyl (C=O) groups excluding carboxylic acids is 1. The highest BCUT2D eigenvalue weighted by Crippen LogP contribution is 2.22. The lowest BCUT2D eigenvalue weighted by Gasteiger charge is -2.37. The van der Waals surface area contributed by atoms with Gasteiger partial charge in [-0.05, 0) is 57.8 Å². The van der Waals surface area contributed by atoms with Gasteiger partial charge in [-0.25, -0.2) is 4.98 Å². The van der Waals surface area contributed by atoms with Crippen LogP contribution in [0.4, 0.5) is 0 Å². The standard InChI is InChI=1S/C23H32N4OS/c1-25(15-11-19-8-3-2-4-9-19)20-10-7-14-27(17-20)23(28)21-16-24-22(29-21)18-26-12-5-6-13-26/h2-4,8-9,16,20H,5-7,10-15,17-18H2,1H3/t20-/m0/s1. The molecule has 0 bridgehead atoms. The number of thiazole rings is 1. The quantitative estimate of drug-likeness (QED) is 0.698. The van der Waals surface area contributed by atoms with E-state index in [-0.39, 0.29) is 5.91 Å². The van der Waals surface area contributed by atoms with E-state index in [0.29, 0.717) is 6.04 Å². The maximum Gasteiger partial charge on any atom is 0.265 e. The maximum atomic E-state index is 13.1. The summed E-state index contributed by atoms with van der Waals surface area (Å²) in [7, 11) is 2.20. The molecule has 1 aromatic carbocycles. The largest absolute Gasteiger partial charge is 0.336 e. The summed E-state index contributed by atoms with van der Waals surface area (Å²) in [5.41, 5.74) is 1.37. The molecule has 2 aromatic rings. The van der Waals surface area contributed by atoms with Crippen molar-refractivity contribution in [3.05, 3.63) is 52.0 Å². The van der Waals surface area contributed by atoms with Crippen LogP contribution in [-0.2, 0) is 13.0 Å². The molecule has 1 aromatic heterocycles. The number of aromatic nitrogens is 1. The monoisotopic (exact) mass is 412 g/mol. The summed E-state index contributed by atoms with van der Waals surface area (Å²) in [6, 6.07) is 11.1. The molecular formula is C23H32N4OS. The lowest BCUT2D eigenvalue weighted by Crippen LogP contribution is -2.48. The van der Waals surface area contributed by atoms with Crippen molar-refractivity contribution in [3.8, 4) is 0 Å². The maximum absolute atomic E-state index is 13.1. The van der Waals surface area contributed by atoms with Gasteiger partial charge in [0.1, 0.15) is 9.88 Å². The van der Waals surface area contributed by atoms with Crippen LogP contribution in [0.1, 0.15) is 45.9 Å². The number of benzene rings is 1. The summed E-state index contributed by atoms with van der Waals surface area (Å²) in [5.74, 6) is 0.163. The van der Waals surface area contributed by atoms with Crippen LogP contribution in [0.25, 0.3) is 0 Å². The Kier molecular flexibility index (Phi) is 6.95. The fourth-order valence-corrected chi connectivity index (χ4v) is 5.33. The van der Waals surface area contributed by atoms with Gasteiger partial charge in [0.25, 0.3) is 5.91 Å². The lowest BCUT2D eigenvalue weighted by molar-refractivity contribution is 0.0616. The van der Waals surface area contributed by atoms with E-state index in [2.05, 4.69) is 52.2 Å². The van der Waals surface area contributed by atoms with Crippen molar-refractivity contribution in [2.75, 3.05) is 39.8 Å². The zero-order valence-electron chi connectivity index (χ0n) is 17.4. The molecule has 1 atom stereocenters. The van der Waals surface area contributed by atoms with Crippen LogP contribution in [0, 0.1) is 0 Å². The van der Waals surface area contributed by atoms with E-state index in [1.165, 1.54) is 18.4 Å². The fourth-order valence-electron chi connectivity index (χ4n) is 4.40. The number of likely N-dealkylation sites (tertiary alicyclic amines) is 2. The third-order valence-corrected chi connectivity index (χ3v) is 7.20. The molecule has 0 N–H and O–H groups in total. The molecule has 0 radical (unpaired) electrons. The summed E-state index contributed by atoms with van der Waals surface area (Å²) in [6.45, 7) is 5.92. The summed E-state index contributed by atoms with van der Waals surface area (Å²) < 4.78 is 0. The lowest BCUT2D eigenvalue weighted by atomic mass is 10.0. The number of nitrogens with zero attached hydrogens (tertiary/aromatic N) is 4. The number of hydrogen-bond acceptors (Lipinski definition) is 5. The Morgan fingerprint density at radius 1 is 1.17 bits per heavy atom. The summed E-state index contributed by atoms with van der Waals surface area (Å²) in [5, 5.41) is 1.07. The summed E-state index contributed by atoms with van der Waals surface area (Å²) in [4.78, 5) is 25.3. The molecule has 1 amide bonds. The Morgan fingerprint density at radius 3 is 2.76 bits per heavy atom. The van der Waals surface area contributed by atoms with Gasteiger partial charge in [-0.2, -0.15) is 0 Å². The highest BCUT2D eigenvalue weighted by Gasteiger charge is 2.28. The Bertz CT molecular complexity index is 787. The minimum atomic E-state index is 0.163. The second-order valence-corrected chi connectivity index (χ2v) is 9.48. The molecular weight excluding hydrogens is 380 g/mol. The zero-order chi connectivity index (χ0) is 20.1. The van der Waals surface area contributed by atoms with Gasteiger partial charge in [-0.3, -0.25) is 9.69 Å². The molecule has 2 fully saturated rings. The summed E-state index contributed by atoms with van der Waals surface area (Å²) in [6.07, 6.45) is 7.65. The molecule has 3 heterocycles. The minimum Gasteiger partial charge on any atom is -0.336 e. The summed E-state index contributed by atoms with van der Waals surface area (Å²) >= 11 is 1.58. The van der Waals surface area contributed by atoms with Crippen molar-refractivity contribution in [2.24, 2.45) is 0 Å². The molecule has 6 heteroatoms. The van der Waals surface area contributed by atoms with Gasteiger partial charge in [0.05, 0.1) is 12.7 Å². The van der Waals surface area contributed by atoms with E-state index in [4.69, 9.17) is 0 Å². The molecule has 2 saturated heterocycles. The fraction of sp³-hybridized carbons (Fsp3) is 0.565. The Morgan fingerprint density at radius 2 is 1.97 bits per heavy atom. The normalized spacial score (nSPS) is 20.5. The highest BCUT2D eigenvalue weighted by atomic mass is 32.1. The van der Waals surface area contributed by atoms with Crippen molar-refractivity contribution in [2.45, 2.75) is 44.7 Å². The van der Waals surface area contributed by atoms with Crippen LogP contribution in [0.3, 0.4) is 0 Å². The van der Waals surface area contributed by atoms with Crippen LogP contribution in [0.15, 0.2) is 36.5 Å².